The first-order valence-electron chi connectivity index (χ1n) is 8.44. The van der Waals surface area contributed by atoms with Crippen molar-refractivity contribution in [3.05, 3.63) is 70.8 Å². The van der Waals surface area contributed by atoms with Gasteiger partial charge in [0.1, 0.15) is 12.1 Å². The van der Waals surface area contributed by atoms with Gasteiger partial charge in [0, 0.05) is 27.9 Å². The van der Waals surface area contributed by atoms with Crippen LogP contribution in [0.4, 0.5) is 5.82 Å². The first-order valence-corrected chi connectivity index (χ1v) is 9.70. The van der Waals surface area contributed by atoms with E-state index in [-0.39, 0.29) is 0 Å². The molecule has 0 aliphatic heterocycles. The molecule has 3 heterocycles. The molecule has 2 aromatic carbocycles. The molecule has 0 aliphatic rings. The van der Waals surface area contributed by atoms with E-state index in [1.54, 1.807) is 11.3 Å². The number of anilines is 1. The molecule has 0 fully saturated rings. The van der Waals surface area contributed by atoms with Crippen molar-refractivity contribution in [3.8, 4) is 11.4 Å². The lowest BCUT2D eigenvalue weighted by molar-refractivity contribution is 1.09. The Morgan fingerprint density at radius 3 is 2.81 bits per heavy atom. The molecule has 5 aromatic rings. The number of H-pyrrole nitrogens is 1. The Morgan fingerprint density at radius 1 is 1.04 bits per heavy atom. The van der Waals surface area contributed by atoms with Crippen LogP contribution in [0, 0.1) is 0 Å². The smallest absolute Gasteiger partial charge is 0.157 e. The van der Waals surface area contributed by atoms with E-state index in [2.05, 4.69) is 38.0 Å². The van der Waals surface area contributed by atoms with Crippen LogP contribution < -0.4 is 5.32 Å². The van der Waals surface area contributed by atoms with Crippen LogP contribution in [0.5, 0.6) is 0 Å². The summed E-state index contributed by atoms with van der Waals surface area (Å²) in [6.07, 6.45) is 1.51. The van der Waals surface area contributed by atoms with E-state index in [0.29, 0.717) is 12.4 Å². The van der Waals surface area contributed by atoms with Gasteiger partial charge >= 0.3 is 0 Å². The third kappa shape index (κ3) is 2.83. The number of pyridine rings is 1. The topological polar surface area (TPSA) is 66.5 Å². The zero-order chi connectivity index (χ0) is 18.2. The molecule has 3 aromatic heterocycles. The van der Waals surface area contributed by atoms with Crippen LogP contribution in [-0.4, -0.2) is 20.2 Å². The number of rotatable bonds is 4. The van der Waals surface area contributed by atoms with E-state index in [9.17, 15) is 0 Å². The Bertz CT molecular complexity index is 1250. The first-order chi connectivity index (χ1) is 13.3. The highest BCUT2D eigenvalue weighted by Crippen LogP contribution is 2.36. The van der Waals surface area contributed by atoms with E-state index >= 15 is 0 Å². The summed E-state index contributed by atoms with van der Waals surface area (Å²) in [5.74, 6) is 1.55. The molecular formula is C20H14ClN5S. The summed E-state index contributed by atoms with van der Waals surface area (Å²) in [6, 6.07) is 16.1. The Hall–Kier alpha value is -2.96. The van der Waals surface area contributed by atoms with Crippen molar-refractivity contribution < 1.29 is 0 Å². The second kappa shape index (κ2) is 6.64. The number of halogens is 1. The Kier molecular flexibility index (Phi) is 3.99. The van der Waals surface area contributed by atoms with Crippen LogP contribution in [0.15, 0.2) is 60.2 Å². The van der Waals surface area contributed by atoms with Gasteiger partial charge in [-0.05, 0) is 29.1 Å². The monoisotopic (exact) mass is 391 g/mol. The van der Waals surface area contributed by atoms with Gasteiger partial charge in [0.05, 0.1) is 10.2 Å². The van der Waals surface area contributed by atoms with Crippen LogP contribution in [0.2, 0.25) is 5.02 Å². The van der Waals surface area contributed by atoms with Crippen molar-refractivity contribution in [2.75, 3.05) is 5.32 Å². The fourth-order valence-electron chi connectivity index (χ4n) is 3.22. The number of benzene rings is 2. The van der Waals surface area contributed by atoms with Crippen molar-refractivity contribution in [2.45, 2.75) is 6.54 Å². The van der Waals surface area contributed by atoms with Crippen molar-refractivity contribution in [2.24, 2.45) is 0 Å². The van der Waals surface area contributed by atoms with Crippen molar-refractivity contribution in [3.63, 3.8) is 0 Å². The van der Waals surface area contributed by atoms with Crippen molar-refractivity contribution >= 4 is 49.7 Å². The fourth-order valence-corrected chi connectivity index (χ4v) is 4.29. The zero-order valence-corrected chi connectivity index (χ0v) is 15.7. The standard InChI is InChI=1S/C20H14ClN5S/c21-16-7-2-1-4-12(16)10-22-20-18-14(8-9-27-18)13-5-3-6-15(17(13)25-20)19-23-11-24-26-19/h1-9,11H,10H2,(H,22,25)(H,23,24,26). The molecular weight excluding hydrogens is 378 g/mol. The van der Waals surface area contributed by atoms with Crippen LogP contribution in [0.1, 0.15) is 5.56 Å². The highest BCUT2D eigenvalue weighted by atomic mass is 35.5. The lowest BCUT2D eigenvalue weighted by atomic mass is 10.1. The molecule has 0 spiro atoms. The number of para-hydroxylation sites is 1. The average Bonchev–Trinajstić information content (AvgIpc) is 3.39. The molecule has 0 saturated carbocycles. The summed E-state index contributed by atoms with van der Waals surface area (Å²) in [5, 5.41) is 15.5. The summed E-state index contributed by atoms with van der Waals surface area (Å²) < 4.78 is 1.13. The number of hydrogen-bond donors (Lipinski definition) is 2. The van der Waals surface area contributed by atoms with E-state index < -0.39 is 0 Å². The second-order valence-electron chi connectivity index (χ2n) is 6.10. The van der Waals surface area contributed by atoms with Crippen molar-refractivity contribution in [1.82, 2.24) is 20.2 Å². The maximum Gasteiger partial charge on any atom is 0.157 e. The van der Waals surface area contributed by atoms with Gasteiger partial charge < -0.3 is 5.32 Å². The first kappa shape index (κ1) is 16.2. The number of thiophene rings is 1. The third-order valence-corrected chi connectivity index (χ3v) is 5.79. The van der Waals surface area contributed by atoms with Crippen LogP contribution in [0.3, 0.4) is 0 Å². The van der Waals surface area contributed by atoms with Gasteiger partial charge in [-0.1, -0.05) is 41.9 Å². The third-order valence-electron chi connectivity index (χ3n) is 4.50. The highest BCUT2D eigenvalue weighted by Gasteiger charge is 2.14. The molecule has 2 N–H and O–H groups in total. The number of hydrogen-bond acceptors (Lipinski definition) is 5. The Labute approximate surface area is 164 Å². The molecule has 0 radical (unpaired) electrons. The van der Waals surface area contributed by atoms with Crippen LogP contribution in [-0.2, 0) is 6.54 Å². The van der Waals surface area contributed by atoms with Crippen LogP contribution >= 0.6 is 22.9 Å². The minimum atomic E-state index is 0.607. The minimum absolute atomic E-state index is 0.607. The summed E-state index contributed by atoms with van der Waals surface area (Å²) in [6.45, 7) is 0.607. The molecule has 5 rings (SSSR count). The number of aromatic amines is 1. The van der Waals surface area contributed by atoms with E-state index in [4.69, 9.17) is 16.6 Å². The highest BCUT2D eigenvalue weighted by molar-refractivity contribution is 7.18. The predicted octanol–water partition coefficient (Wildman–Crippen LogP) is 5.50. The summed E-state index contributed by atoms with van der Waals surface area (Å²) in [7, 11) is 0. The maximum absolute atomic E-state index is 6.30. The lowest BCUT2D eigenvalue weighted by Crippen LogP contribution is -2.03. The number of nitrogens with zero attached hydrogens (tertiary/aromatic N) is 3. The number of nitrogens with one attached hydrogen (secondary N) is 2. The summed E-state index contributed by atoms with van der Waals surface area (Å²) in [5.41, 5.74) is 2.86. The average molecular weight is 392 g/mol. The molecule has 132 valence electrons. The quantitative estimate of drug-likeness (QED) is 0.424. The van der Waals surface area contributed by atoms with Gasteiger partial charge in [0.2, 0.25) is 0 Å². The SMILES string of the molecule is Clc1ccccc1CNc1nc2c(-c3ncn[nH]3)cccc2c2ccsc12. The molecule has 0 aliphatic carbocycles. The molecule has 0 amide bonds. The number of aromatic nitrogens is 4. The van der Waals surface area contributed by atoms with Gasteiger partial charge in [0.25, 0.3) is 0 Å². The van der Waals surface area contributed by atoms with Gasteiger partial charge in [-0.25, -0.2) is 9.97 Å². The summed E-state index contributed by atoms with van der Waals surface area (Å²) >= 11 is 7.98. The Balaban J connectivity index is 1.66. The molecule has 0 saturated heterocycles. The van der Waals surface area contributed by atoms with E-state index in [1.807, 2.05) is 36.4 Å². The van der Waals surface area contributed by atoms with Gasteiger partial charge in [0.15, 0.2) is 5.82 Å². The molecule has 0 bridgehead atoms. The maximum atomic E-state index is 6.30. The van der Waals surface area contributed by atoms with Gasteiger partial charge in [-0.3, -0.25) is 5.10 Å². The Morgan fingerprint density at radius 2 is 1.96 bits per heavy atom. The molecule has 0 atom stereocenters. The number of fused-ring (bicyclic) bond motifs is 3. The van der Waals surface area contributed by atoms with E-state index in [1.165, 1.54) is 11.7 Å². The minimum Gasteiger partial charge on any atom is -0.365 e. The summed E-state index contributed by atoms with van der Waals surface area (Å²) in [4.78, 5) is 9.24. The van der Waals surface area contributed by atoms with Gasteiger partial charge in [-0.2, -0.15) is 5.10 Å². The zero-order valence-electron chi connectivity index (χ0n) is 14.1. The molecule has 27 heavy (non-hydrogen) atoms. The molecule has 7 heteroatoms. The van der Waals surface area contributed by atoms with Gasteiger partial charge in [-0.15, -0.1) is 11.3 Å². The largest absolute Gasteiger partial charge is 0.365 e. The lowest BCUT2D eigenvalue weighted by Gasteiger charge is -2.11. The second-order valence-corrected chi connectivity index (χ2v) is 7.43. The molecule has 0 unspecified atom stereocenters. The van der Waals surface area contributed by atoms with E-state index in [0.717, 1.165) is 37.6 Å². The van der Waals surface area contributed by atoms with Crippen molar-refractivity contribution in [1.29, 1.82) is 0 Å². The normalized spacial score (nSPS) is 11.3. The van der Waals surface area contributed by atoms with Crippen LogP contribution in [0.25, 0.3) is 32.4 Å². The predicted molar refractivity (Wildman–Crippen MR) is 111 cm³/mol. The molecule has 5 nitrogen and oxygen atoms in total. The fraction of sp³-hybridized carbons (Fsp3) is 0.0500.